The first-order chi connectivity index (χ1) is 8.77. The topological polar surface area (TPSA) is 48.4 Å². The molecule has 94 valence electrons. The van der Waals surface area contributed by atoms with Crippen molar-refractivity contribution in [3.05, 3.63) is 36.0 Å². The molecule has 0 aliphatic heterocycles. The number of para-hydroxylation sites is 1. The molecule has 0 radical (unpaired) electrons. The van der Waals surface area contributed by atoms with E-state index in [0.717, 1.165) is 10.9 Å². The van der Waals surface area contributed by atoms with E-state index >= 15 is 0 Å². The Labute approximate surface area is 106 Å². The van der Waals surface area contributed by atoms with E-state index in [-0.39, 0.29) is 5.97 Å². The van der Waals surface area contributed by atoms with E-state index in [0.29, 0.717) is 24.5 Å². The van der Waals surface area contributed by atoms with Crippen LogP contribution < -0.4 is 4.74 Å². The number of hydrogen-bond donors (Lipinski definition) is 0. The first-order valence-corrected chi connectivity index (χ1v) is 5.95. The highest BCUT2D eigenvalue weighted by molar-refractivity contribution is 6.05. The average Bonchev–Trinajstić information content (AvgIpc) is 2.39. The maximum absolute atomic E-state index is 12.0. The summed E-state index contributed by atoms with van der Waals surface area (Å²) < 4.78 is 10.5. The predicted octanol–water partition coefficient (Wildman–Crippen LogP) is 2.81. The van der Waals surface area contributed by atoms with Gasteiger partial charge in [-0.25, -0.2) is 4.79 Å². The van der Waals surface area contributed by atoms with Gasteiger partial charge in [0.25, 0.3) is 0 Å². The van der Waals surface area contributed by atoms with Gasteiger partial charge in [-0.05, 0) is 19.9 Å². The van der Waals surface area contributed by atoms with Gasteiger partial charge in [0.2, 0.25) is 0 Å². The summed E-state index contributed by atoms with van der Waals surface area (Å²) in [5.74, 6) is 0.0919. The predicted molar refractivity (Wildman–Crippen MR) is 68.9 cm³/mol. The number of pyridine rings is 1. The summed E-state index contributed by atoms with van der Waals surface area (Å²) in [6, 6.07) is 7.44. The lowest BCUT2D eigenvalue weighted by Gasteiger charge is -2.11. The van der Waals surface area contributed by atoms with E-state index in [1.165, 1.54) is 0 Å². The summed E-state index contributed by atoms with van der Waals surface area (Å²) in [5, 5.41) is 0.752. The fraction of sp³-hybridized carbons (Fsp3) is 0.286. The summed E-state index contributed by atoms with van der Waals surface area (Å²) in [5.41, 5.74) is 1.20. The third-order valence-corrected chi connectivity index (χ3v) is 2.52. The first kappa shape index (κ1) is 12.4. The molecule has 0 aliphatic carbocycles. The van der Waals surface area contributed by atoms with Gasteiger partial charge in [-0.3, -0.25) is 4.98 Å². The molecule has 0 saturated heterocycles. The molecule has 18 heavy (non-hydrogen) atoms. The summed E-state index contributed by atoms with van der Waals surface area (Å²) in [7, 11) is 0. The molecule has 0 atom stereocenters. The lowest BCUT2D eigenvalue weighted by atomic mass is 10.1. The van der Waals surface area contributed by atoms with Crippen molar-refractivity contribution in [1.29, 1.82) is 0 Å². The standard InChI is InChI=1S/C14H15NO3/c1-3-17-12-9-15-11-8-6-5-7-10(11)13(12)14(16)18-4-2/h5-9H,3-4H2,1-2H3. The molecule has 1 heterocycles. The Morgan fingerprint density at radius 1 is 1.22 bits per heavy atom. The minimum absolute atomic E-state index is 0.334. The van der Waals surface area contributed by atoms with Gasteiger partial charge in [0.15, 0.2) is 5.75 Å². The minimum Gasteiger partial charge on any atom is -0.491 e. The van der Waals surface area contributed by atoms with Gasteiger partial charge in [-0.2, -0.15) is 0 Å². The molecule has 2 aromatic rings. The zero-order chi connectivity index (χ0) is 13.0. The number of esters is 1. The summed E-state index contributed by atoms with van der Waals surface area (Å²) >= 11 is 0. The van der Waals surface area contributed by atoms with Crippen molar-refractivity contribution in [2.75, 3.05) is 13.2 Å². The van der Waals surface area contributed by atoms with Gasteiger partial charge < -0.3 is 9.47 Å². The number of benzene rings is 1. The van der Waals surface area contributed by atoms with Gasteiger partial charge in [0.1, 0.15) is 5.56 Å². The van der Waals surface area contributed by atoms with Crippen molar-refractivity contribution in [2.45, 2.75) is 13.8 Å². The van der Waals surface area contributed by atoms with Crippen molar-refractivity contribution >= 4 is 16.9 Å². The molecule has 1 aromatic heterocycles. The van der Waals surface area contributed by atoms with Crippen molar-refractivity contribution in [1.82, 2.24) is 4.98 Å². The van der Waals surface area contributed by atoms with Crippen LogP contribution in [0.25, 0.3) is 10.9 Å². The van der Waals surface area contributed by atoms with Crippen LogP contribution in [0.5, 0.6) is 5.75 Å². The molecule has 0 fully saturated rings. The zero-order valence-corrected chi connectivity index (χ0v) is 10.5. The van der Waals surface area contributed by atoms with Crippen LogP contribution in [0.1, 0.15) is 24.2 Å². The molecule has 0 bridgehead atoms. The van der Waals surface area contributed by atoms with Gasteiger partial charge in [-0.1, -0.05) is 18.2 Å². The van der Waals surface area contributed by atoms with Gasteiger partial charge in [0, 0.05) is 5.39 Å². The monoisotopic (exact) mass is 245 g/mol. The van der Waals surface area contributed by atoms with E-state index in [9.17, 15) is 4.79 Å². The maximum atomic E-state index is 12.0. The Hall–Kier alpha value is -2.10. The normalized spacial score (nSPS) is 10.3. The smallest absolute Gasteiger partial charge is 0.342 e. The molecule has 2 rings (SSSR count). The molecule has 0 unspecified atom stereocenters. The van der Waals surface area contributed by atoms with Crippen LogP contribution in [0.3, 0.4) is 0 Å². The summed E-state index contributed by atoms with van der Waals surface area (Å²) in [6.45, 7) is 4.46. The Morgan fingerprint density at radius 2 is 2.00 bits per heavy atom. The average molecular weight is 245 g/mol. The fourth-order valence-electron chi connectivity index (χ4n) is 1.80. The van der Waals surface area contributed by atoms with Crippen LogP contribution in [-0.2, 0) is 4.74 Å². The lowest BCUT2D eigenvalue weighted by Crippen LogP contribution is -2.09. The molecular formula is C14H15NO3. The minimum atomic E-state index is -0.375. The second-order valence-corrected chi connectivity index (χ2v) is 3.67. The number of aromatic nitrogens is 1. The van der Waals surface area contributed by atoms with Crippen molar-refractivity contribution in [2.24, 2.45) is 0 Å². The highest BCUT2D eigenvalue weighted by Gasteiger charge is 2.18. The largest absolute Gasteiger partial charge is 0.491 e. The van der Waals surface area contributed by atoms with Crippen LogP contribution in [0, 0.1) is 0 Å². The Balaban J connectivity index is 2.62. The molecule has 0 spiro atoms. The molecule has 0 amide bonds. The highest BCUT2D eigenvalue weighted by Crippen LogP contribution is 2.26. The van der Waals surface area contributed by atoms with Gasteiger partial charge in [-0.15, -0.1) is 0 Å². The van der Waals surface area contributed by atoms with E-state index in [1.807, 2.05) is 31.2 Å². The van der Waals surface area contributed by atoms with Crippen molar-refractivity contribution in [3.63, 3.8) is 0 Å². The third-order valence-electron chi connectivity index (χ3n) is 2.52. The maximum Gasteiger partial charge on any atom is 0.342 e. The van der Waals surface area contributed by atoms with Crippen LogP contribution in [0.2, 0.25) is 0 Å². The van der Waals surface area contributed by atoms with Crippen molar-refractivity contribution in [3.8, 4) is 5.75 Å². The number of nitrogens with zero attached hydrogens (tertiary/aromatic N) is 1. The molecule has 1 aromatic carbocycles. The SMILES string of the molecule is CCOC(=O)c1c(OCC)cnc2ccccc12. The molecule has 0 saturated carbocycles. The van der Waals surface area contributed by atoms with Crippen LogP contribution in [0.4, 0.5) is 0 Å². The van der Waals surface area contributed by atoms with Crippen LogP contribution in [-0.4, -0.2) is 24.2 Å². The number of ether oxygens (including phenoxy) is 2. The number of carbonyl (C=O) groups is 1. The molecular weight excluding hydrogens is 230 g/mol. The lowest BCUT2D eigenvalue weighted by molar-refractivity contribution is 0.0524. The Morgan fingerprint density at radius 3 is 2.72 bits per heavy atom. The number of rotatable bonds is 4. The van der Waals surface area contributed by atoms with E-state index in [2.05, 4.69) is 4.98 Å². The summed E-state index contributed by atoms with van der Waals surface area (Å²) in [4.78, 5) is 16.3. The quantitative estimate of drug-likeness (QED) is 0.777. The highest BCUT2D eigenvalue weighted by atomic mass is 16.5. The Kier molecular flexibility index (Phi) is 3.77. The third kappa shape index (κ3) is 2.27. The van der Waals surface area contributed by atoms with Crippen molar-refractivity contribution < 1.29 is 14.3 Å². The molecule has 4 nitrogen and oxygen atoms in total. The van der Waals surface area contributed by atoms with E-state index < -0.39 is 0 Å². The Bertz CT molecular complexity index is 566. The molecule has 4 heteroatoms. The molecule has 0 aliphatic rings. The second-order valence-electron chi connectivity index (χ2n) is 3.67. The zero-order valence-electron chi connectivity index (χ0n) is 10.5. The van der Waals surface area contributed by atoms with E-state index in [4.69, 9.17) is 9.47 Å². The fourth-order valence-corrected chi connectivity index (χ4v) is 1.80. The van der Waals surface area contributed by atoms with Gasteiger partial charge >= 0.3 is 5.97 Å². The van der Waals surface area contributed by atoms with E-state index in [1.54, 1.807) is 13.1 Å². The second kappa shape index (κ2) is 5.49. The number of carbonyl (C=O) groups excluding carboxylic acids is 1. The van der Waals surface area contributed by atoms with Gasteiger partial charge in [0.05, 0.1) is 24.9 Å². The number of fused-ring (bicyclic) bond motifs is 1. The molecule has 0 N–H and O–H groups in total. The number of hydrogen-bond acceptors (Lipinski definition) is 4. The first-order valence-electron chi connectivity index (χ1n) is 5.95. The van der Waals surface area contributed by atoms with Crippen LogP contribution >= 0.6 is 0 Å². The van der Waals surface area contributed by atoms with Crippen LogP contribution in [0.15, 0.2) is 30.5 Å². The summed E-state index contributed by atoms with van der Waals surface area (Å²) in [6.07, 6.45) is 1.57.